The summed E-state index contributed by atoms with van der Waals surface area (Å²) in [5.41, 5.74) is 1.09. The van der Waals surface area contributed by atoms with Gasteiger partial charge in [0, 0.05) is 19.3 Å². The number of aromatic nitrogens is 3. The van der Waals surface area contributed by atoms with Crippen molar-refractivity contribution in [1.29, 1.82) is 0 Å². The molecule has 0 saturated heterocycles. The van der Waals surface area contributed by atoms with Crippen molar-refractivity contribution < 1.29 is 0 Å². The summed E-state index contributed by atoms with van der Waals surface area (Å²) < 4.78 is 2.00. The molecule has 0 bridgehead atoms. The lowest BCUT2D eigenvalue weighted by Gasteiger charge is -2.15. The second kappa shape index (κ2) is 9.96. The molecule has 0 aliphatic rings. The zero-order valence-corrected chi connectivity index (χ0v) is 12.9. The lowest BCUT2D eigenvalue weighted by atomic mass is 10.1. The molecule has 4 heteroatoms. The van der Waals surface area contributed by atoms with E-state index in [0.29, 0.717) is 0 Å². The van der Waals surface area contributed by atoms with Crippen molar-refractivity contribution in [3.63, 3.8) is 0 Å². The molecule has 0 radical (unpaired) electrons. The van der Waals surface area contributed by atoms with E-state index in [-0.39, 0.29) is 0 Å². The molecule has 0 fully saturated rings. The highest BCUT2D eigenvalue weighted by atomic mass is 15.4. The summed E-state index contributed by atoms with van der Waals surface area (Å²) in [6.07, 6.45) is 10.1. The van der Waals surface area contributed by atoms with Crippen molar-refractivity contribution in [2.75, 3.05) is 13.1 Å². The number of hydrogen-bond donors (Lipinski definition) is 0. The molecule has 0 N–H and O–H groups in total. The van der Waals surface area contributed by atoms with Crippen LogP contribution in [0.1, 0.15) is 65.0 Å². The molecule has 1 rings (SSSR count). The van der Waals surface area contributed by atoms with E-state index in [2.05, 4.69) is 42.2 Å². The zero-order valence-electron chi connectivity index (χ0n) is 12.9. The minimum atomic E-state index is 0.920. The van der Waals surface area contributed by atoms with Gasteiger partial charge in [0.1, 0.15) is 0 Å². The van der Waals surface area contributed by atoms with Gasteiger partial charge < -0.3 is 0 Å². The molecular weight excluding hydrogens is 236 g/mol. The van der Waals surface area contributed by atoms with Crippen LogP contribution < -0.4 is 0 Å². The van der Waals surface area contributed by atoms with E-state index in [1.54, 1.807) is 0 Å². The molecular formula is C15H30N4. The van der Waals surface area contributed by atoms with Gasteiger partial charge >= 0.3 is 0 Å². The third kappa shape index (κ3) is 6.71. The van der Waals surface area contributed by atoms with E-state index < -0.39 is 0 Å². The standard InChI is InChI=1S/C15H30N4/c1-4-7-8-9-10-11-12-19-14-15(16-17-19)13-18(5-2)6-3/h14H,4-13H2,1-3H3. The van der Waals surface area contributed by atoms with Gasteiger partial charge in [-0.15, -0.1) is 5.10 Å². The third-order valence-electron chi connectivity index (χ3n) is 3.61. The Bertz CT molecular complexity index is 318. The van der Waals surface area contributed by atoms with Crippen molar-refractivity contribution in [2.24, 2.45) is 0 Å². The Morgan fingerprint density at radius 3 is 2.37 bits per heavy atom. The van der Waals surface area contributed by atoms with E-state index >= 15 is 0 Å². The Hall–Kier alpha value is -0.900. The van der Waals surface area contributed by atoms with Crippen LogP contribution in [0, 0.1) is 0 Å². The summed E-state index contributed by atoms with van der Waals surface area (Å²) in [5.74, 6) is 0. The number of unbranched alkanes of at least 4 members (excludes halogenated alkanes) is 5. The quantitative estimate of drug-likeness (QED) is 0.575. The summed E-state index contributed by atoms with van der Waals surface area (Å²) in [4.78, 5) is 2.36. The van der Waals surface area contributed by atoms with E-state index in [0.717, 1.165) is 31.9 Å². The minimum absolute atomic E-state index is 0.920. The van der Waals surface area contributed by atoms with Gasteiger partial charge in [0.25, 0.3) is 0 Å². The van der Waals surface area contributed by atoms with Crippen LogP contribution in [0.2, 0.25) is 0 Å². The normalized spacial score (nSPS) is 11.4. The predicted octanol–water partition coefficient (Wildman–Crippen LogP) is 3.48. The first-order valence-corrected chi connectivity index (χ1v) is 7.91. The maximum Gasteiger partial charge on any atom is 0.0967 e. The van der Waals surface area contributed by atoms with Crippen LogP contribution in [0.25, 0.3) is 0 Å². The predicted molar refractivity (Wildman–Crippen MR) is 80.0 cm³/mol. The van der Waals surface area contributed by atoms with Gasteiger partial charge in [-0.2, -0.15) is 0 Å². The first-order valence-electron chi connectivity index (χ1n) is 7.91. The minimum Gasteiger partial charge on any atom is -0.298 e. The van der Waals surface area contributed by atoms with Crippen molar-refractivity contribution in [1.82, 2.24) is 19.9 Å². The Kier molecular flexibility index (Phi) is 8.47. The van der Waals surface area contributed by atoms with Gasteiger partial charge in [0.15, 0.2) is 0 Å². The molecule has 0 aliphatic heterocycles. The summed E-state index contributed by atoms with van der Waals surface area (Å²) >= 11 is 0. The molecule has 0 aliphatic carbocycles. The highest BCUT2D eigenvalue weighted by Gasteiger charge is 2.05. The van der Waals surface area contributed by atoms with Crippen molar-refractivity contribution in [2.45, 2.75) is 72.4 Å². The molecule has 110 valence electrons. The van der Waals surface area contributed by atoms with Crippen molar-refractivity contribution in [3.05, 3.63) is 11.9 Å². The maximum atomic E-state index is 4.25. The van der Waals surface area contributed by atoms with Gasteiger partial charge in [-0.25, -0.2) is 0 Å². The first-order chi connectivity index (χ1) is 9.30. The zero-order chi connectivity index (χ0) is 13.9. The fraction of sp³-hybridized carbons (Fsp3) is 0.867. The van der Waals surface area contributed by atoms with Crippen LogP contribution in [-0.2, 0) is 13.1 Å². The molecule has 0 aromatic carbocycles. The molecule has 19 heavy (non-hydrogen) atoms. The lowest BCUT2D eigenvalue weighted by Crippen LogP contribution is -2.22. The summed E-state index contributed by atoms with van der Waals surface area (Å²) in [6, 6.07) is 0. The summed E-state index contributed by atoms with van der Waals surface area (Å²) in [5, 5.41) is 8.46. The number of nitrogens with zero attached hydrogens (tertiary/aromatic N) is 4. The Labute approximate surface area is 118 Å². The molecule has 4 nitrogen and oxygen atoms in total. The van der Waals surface area contributed by atoms with E-state index in [1.165, 1.54) is 38.5 Å². The number of rotatable bonds is 11. The summed E-state index contributed by atoms with van der Waals surface area (Å²) in [7, 11) is 0. The van der Waals surface area contributed by atoms with Crippen LogP contribution >= 0.6 is 0 Å². The molecule has 1 aromatic rings. The van der Waals surface area contributed by atoms with E-state index in [1.807, 2.05) is 4.68 Å². The highest BCUT2D eigenvalue weighted by Crippen LogP contribution is 2.06. The average molecular weight is 266 g/mol. The highest BCUT2D eigenvalue weighted by molar-refractivity contribution is 4.91. The van der Waals surface area contributed by atoms with Crippen LogP contribution in [0.5, 0.6) is 0 Å². The fourth-order valence-electron chi connectivity index (χ4n) is 2.25. The average Bonchev–Trinajstić information content (AvgIpc) is 2.87. The molecule has 0 atom stereocenters. The smallest absolute Gasteiger partial charge is 0.0967 e. The van der Waals surface area contributed by atoms with Crippen molar-refractivity contribution >= 4 is 0 Å². The SMILES string of the molecule is CCCCCCCCn1cc(CN(CC)CC)nn1. The molecule has 0 unspecified atom stereocenters. The second-order valence-electron chi connectivity index (χ2n) is 5.20. The van der Waals surface area contributed by atoms with Gasteiger partial charge in [-0.1, -0.05) is 58.1 Å². The number of aryl methyl sites for hydroxylation is 1. The third-order valence-corrected chi connectivity index (χ3v) is 3.61. The largest absolute Gasteiger partial charge is 0.298 e. The Morgan fingerprint density at radius 1 is 1.00 bits per heavy atom. The molecule has 0 saturated carbocycles. The molecule has 1 aromatic heterocycles. The van der Waals surface area contributed by atoms with Crippen LogP contribution in [0.15, 0.2) is 6.20 Å². The Morgan fingerprint density at radius 2 is 1.68 bits per heavy atom. The molecule has 0 spiro atoms. The Balaban J connectivity index is 2.19. The fourth-order valence-corrected chi connectivity index (χ4v) is 2.25. The second-order valence-corrected chi connectivity index (χ2v) is 5.20. The maximum absolute atomic E-state index is 4.25. The van der Waals surface area contributed by atoms with Crippen LogP contribution in [-0.4, -0.2) is 33.0 Å². The van der Waals surface area contributed by atoms with Gasteiger partial charge in [0.05, 0.1) is 5.69 Å². The van der Waals surface area contributed by atoms with Crippen LogP contribution in [0.3, 0.4) is 0 Å². The number of hydrogen-bond acceptors (Lipinski definition) is 3. The lowest BCUT2D eigenvalue weighted by molar-refractivity contribution is 0.292. The first kappa shape index (κ1) is 16.2. The van der Waals surface area contributed by atoms with Crippen molar-refractivity contribution in [3.8, 4) is 0 Å². The monoisotopic (exact) mass is 266 g/mol. The molecule has 0 amide bonds. The summed E-state index contributed by atoms with van der Waals surface area (Å²) in [6.45, 7) is 10.7. The van der Waals surface area contributed by atoms with E-state index in [9.17, 15) is 0 Å². The van der Waals surface area contributed by atoms with Gasteiger partial charge in [-0.3, -0.25) is 9.58 Å². The van der Waals surface area contributed by atoms with Gasteiger partial charge in [0.2, 0.25) is 0 Å². The van der Waals surface area contributed by atoms with Gasteiger partial charge in [-0.05, 0) is 19.5 Å². The topological polar surface area (TPSA) is 34.0 Å². The van der Waals surface area contributed by atoms with E-state index in [4.69, 9.17) is 0 Å². The molecule has 1 heterocycles. The van der Waals surface area contributed by atoms with Crippen LogP contribution in [0.4, 0.5) is 0 Å².